The van der Waals surface area contributed by atoms with E-state index in [9.17, 15) is 4.79 Å². The highest BCUT2D eigenvalue weighted by Crippen LogP contribution is 2.21. The van der Waals surface area contributed by atoms with Crippen LogP contribution >= 0.6 is 0 Å². The van der Waals surface area contributed by atoms with Crippen LogP contribution in [0.4, 0.5) is 0 Å². The first-order valence-electron chi connectivity index (χ1n) is 4.91. The minimum Gasteiger partial charge on any atom is -0.298 e. The van der Waals surface area contributed by atoms with Crippen LogP contribution in [-0.2, 0) is 4.79 Å². The van der Waals surface area contributed by atoms with E-state index >= 15 is 0 Å². The normalized spacial score (nSPS) is 26.7. The van der Waals surface area contributed by atoms with Crippen molar-refractivity contribution in [2.45, 2.75) is 51.6 Å². The Labute approximate surface area is 74.9 Å². The van der Waals surface area contributed by atoms with Crippen molar-refractivity contribution in [3.63, 3.8) is 0 Å². The molecule has 2 nitrogen and oxygen atoms in total. The summed E-state index contributed by atoms with van der Waals surface area (Å²) >= 11 is 0. The van der Waals surface area contributed by atoms with E-state index < -0.39 is 0 Å². The first-order chi connectivity index (χ1) is 5.66. The van der Waals surface area contributed by atoms with Gasteiger partial charge in [-0.3, -0.25) is 9.69 Å². The van der Waals surface area contributed by atoms with Crippen molar-refractivity contribution in [3.05, 3.63) is 0 Å². The van der Waals surface area contributed by atoms with Crippen molar-refractivity contribution in [1.29, 1.82) is 0 Å². The molecule has 12 heavy (non-hydrogen) atoms. The van der Waals surface area contributed by atoms with E-state index in [4.69, 9.17) is 0 Å². The van der Waals surface area contributed by atoms with Gasteiger partial charge in [-0.05, 0) is 33.2 Å². The van der Waals surface area contributed by atoms with Gasteiger partial charge in [-0.2, -0.15) is 0 Å². The van der Waals surface area contributed by atoms with Crippen LogP contribution < -0.4 is 0 Å². The SMILES string of the molecule is CCC(C)N(C)C1CCCC1=O. The van der Waals surface area contributed by atoms with Crippen LogP contribution in [0.1, 0.15) is 39.5 Å². The van der Waals surface area contributed by atoms with Crippen molar-refractivity contribution >= 4 is 5.78 Å². The molecule has 0 aromatic rings. The lowest BCUT2D eigenvalue weighted by atomic mass is 10.1. The fraction of sp³-hybridized carbons (Fsp3) is 0.900. The van der Waals surface area contributed by atoms with E-state index in [2.05, 4.69) is 25.8 Å². The summed E-state index contributed by atoms with van der Waals surface area (Å²) in [5.74, 6) is 0.442. The third-order valence-corrected chi connectivity index (χ3v) is 3.05. The van der Waals surface area contributed by atoms with Gasteiger partial charge in [-0.1, -0.05) is 6.92 Å². The summed E-state index contributed by atoms with van der Waals surface area (Å²) in [6.07, 6.45) is 4.08. The number of Topliss-reactive ketones (excluding diaryl/α,β-unsaturated/α-hetero) is 1. The molecule has 0 N–H and O–H groups in total. The van der Waals surface area contributed by atoms with Crippen molar-refractivity contribution < 1.29 is 4.79 Å². The smallest absolute Gasteiger partial charge is 0.149 e. The molecule has 1 rings (SSSR count). The van der Waals surface area contributed by atoms with E-state index in [0.29, 0.717) is 11.8 Å². The molecule has 1 aliphatic carbocycles. The maximum Gasteiger partial charge on any atom is 0.149 e. The number of rotatable bonds is 3. The van der Waals surface area contributed by atoms with Crippen molar-refractivity contribution in [1.82, 2.24) is 4.90 Å². The molecule has 0 bridgehead atoms. The van der Waals surface area contributed by atoms with E-state index in [1.807, 2.05) is 0 Å². The van der Waals surface area contributed by atoms with Gasteiger partial charge >= 0.3 is 0 Å². The maximum absolute atomic E-state index is 11.4. The minimum absolute atomic E-state index is 0.222. The van der Waals surface area contributed by atoms with Crippen LogP contribution in [0.2, 0.25) is 0 Å². The maximum atomic E-state index is 11.4. The fourth-order valence-corrected chi connectivity index (χ4v) is 1.82. The molecule has 2 atom stereocenters. The van der Waals surface area contributed by atoms with Gasteiger partial charge < -0.3 is 0 Å². The number of hydrogen-bond acceptors (Lipinski definition) is 2. The molecule has 0 saturated heterocycles. The average Bonchev–Trinajstić information content (AvgIpc) is 2.48. The lowest BCUT2D eigenvalue weighted by molar-refractivity contribution is -0.122. The summed E-state index contributed by atoms with van der Waals surface area (Å²) in [4.78, 5) is 13.6. The molecule has 2 unspecified atom stereocenters. The standard InChI is InChI=1S/C10H19NO/c1-4-8(2)11(3)9-6-5-7-10(9)12/h8-9H,4-7H2,1-3H3. The number of ketones is 1. The van der Waals surface area contributed by atoms with Crippen LogP contribution in [0.25, 0.3) is 0 Å². The van der Waals surface area contributed by atoms with Gasteiger partial charge in [-0.15, -0.1) is 0 Å². The second-order valence-electron chi connectivity index (χ2n) is 3.80. The lowest BCUT2D eigenvalue weighted by Gasteiger charge is -2.28. The highest BCUT2D eigenvalue weighted by molar-refractivity contribution is 5.85. The van der Waals surface area contributed by atoms with Crippen molar-refractivity contribution in [2.24, 2.45) is 0 Å². The summed E-state index contributed by atoms with van der Waals surface area (Å²) in [7, 11) is 2.07. The van der Waals surface area contributed by atoms with Gasteiger partial charge in [0, 0.05) is 12.5 Å². The van der Waals surface area contributed by atoms with Gasteiger partial charge in [-0.25, -0.2) is 0 Å². The highest BCUT2D eigenvalue weighted by atomic mass is 16.1. The molecule has 0 aromatic carbocycles. The minimum atomic E-state index is 0.222. The number of hydrogen-bond donors (Lipinski definition) is 0. The van der Waals surface area contributed by atoms with E-state index in [1.165, 1.54) is 0 Å². The Morgan fingerprint density at radius 1 is 1.67 bits per heavy atom. The monoisotopic (exact) mass is 169 g/mol. The summed E-state index contributed by atoms with van der Waals surface area (Å²) in [5, 5.41) is 0. The molecule has 0 aliphatic heterocycles. The third kappa shape index (κ3) is 1.86. The van der Waals surface area contributed by atoms with Gasteiger partial charge in [0.1, 0.15) is 5.78 Å². The number of carbonyl (C=O) groups is 1. The number of likely N-dealkylation sites (N-methyl/N-ethyl adjacent to an activating group) is 1. The molecule has 0 heterocycles. The van der Waals surface area contributed by atoms with Gasteiger partial charge in [0.2, 0.25) is 0 Å². The molecular weight excluding hydrogens is 150 g/mol. The van der Waals surface area contributed by atoms with Crippen molar-refractivity contribution in [3.8, 4) is 0 Å². The van der Waals surface area contributed by atoms with E-state index in [1.54, 1.807) is 0 Å². The van der Waals surface area contributed by atoms with Crippen LogP contribution in [0.15, 0.2) is 0 Å². The molecule has 1 saturated carbocycles. The van der Waals surface area contributed by atoms with E-state index in [0.717, 1.165) is 25.7 Å². The molecule has 0 amide bonds. The zero-order valence-corrected chi connectivity index (χ0v) is 8.34. The Hall–Kier alpha value is -0.370. The van der Waals surface area contributed by atoms with Crippen molar-refractivity contribution in [2.75, 3.05) is 7.05 Å². The van der Waals surface area contributed by atoms with Crippen LogP contribution in [0.3, 0.4) is 0 Å². The summed E-state index contributed by atoms with van der Waals surface area (Å²) in [5.41, 5.74) is 0. The Kier molecular flexibility index (Phi) is 3.27. The quantitative estimate of drug-likeness (QED) is 0.642. The van der Waals surface area contributed by atoms with E-state index in [-0.39, 0.29) is 6.04 Å². The molecular formula is C10H19NO. The molecule has 1 aliphatic rings. The predicted octanol–water partition coefficient (Wildman–Crippen LogP) is 1.84. The zero-order chi connectivity index (χ0) is 9.14. The first kappa shape index (κ1) is 9.72. The highest BCUT2D eigenvalue weighted by Gasteiger charge is 2.29. The lowest BCUT2D eigenvalue weighted by Crippen LogP contribution is -2.40. The summed E-state index contributed by atoms with van der Waals surface area (Å²) in [6, 6.07) is 0.761. The Morgan fingerprint density at radius 3 is 2.75 bits per heavy atom. The molecule has 0 radical (unpaired) electrons. The number of carbonyl (C=O) groups excluding carboxylic acids is 1. The second kappa shape index (κ2) is 4.04. The molecule has 0 spiro atoms. The van der Waals surface area contributed by atoms with Gasteiger partial charge in [0.25, 0.3) is 0 Å². The largest absolute Gasteiger partial charge is 0.298 e. The molecule has 1 fully saturated rings. The van der Waals surface area contributed by atoms with Crippen LogP contribution in [-0.4, -0.2) is 29.8 Å². The Balaban J connectivity index is 2.51. The molecule has 2 heteroatoms. The topological polar surface area (TPSA) is 20.3 Å². The zero-order valence-electron chi connectivity index (χ0n) is 8.34. The van der Waals surface area contributed by atoms with Crippen LogP contribution in [0, 0.1) is 0 Å². The van der Waals surface area contributed by atoms with Gasteiger partial charge in [0.05, 0.1) is 6.04 Å². The van der Waals surface area contributed by atoms with Gasteiger partial charge in [0.15, 0.2) is 0 Å². The fourth-order valence-electron chi connectivity index (χ4n) is 1.82. The Bertz CT molecular complexity index is 167. The molecule has 70 valence electrons. The van der Waals surface area contributed by atoms with Crippen LogP contribution in [0.5, 0.6) is 0 Å². The summed E-state index contributed by atoms with van der Waals surface area (Å²) < 4.78 is 0. The second-order valence-corrected chi connectivity index (χ2v) is 3.80. The summed E-state index contributed by atoms with van der Waals surface area (Å²) in [6.45, 7) is 4.35. The predicted molar refractivity (Wildman–Crippen MR) is 50.2 cm³/mol. The molecule has 0 aromatic heterocycles. The first-order valence-corrected chi connectivity index (χ1v) is 4.91. The average molecular weight is 169 g/mol. The third-order valence-electron chi connectivity index (χ3n) is 3.05. The Morgan fingerprint density at radius 2 is 2.33 bits per heavy atom. The number of nitrogens with zero attached hydrogens (tertiary/aromatic N) is 1.